The summed E-state index contributed by atoms with van der Waals surface area (Å²) in [7, 11) is 0. The molecule has 4 aromatic rings. The number of benzene rings is 2. The zero-order valence-electron chi connectivity index (χ0n) is 16.8. The van der Waals surface area contributed by atoms with Gasteiger partial charge in [-0.25, -0.2) is 4.98 Å². The number of fused-ring (bicyclic) bond motifs is 1. The van der Waals surface area contributed by atoms with Crippen molar-refractivity contribution in [1.29, 1.82) is 0 Å². The minimum Gasteiger partial charge on any atom is -0.467 e. The lowest BCUT2D eigenvalue weighted by molar-refractivity contribution is -0.141. The summed E-state index contributed by atoms with van der Waals surface area (Å²) in [5, 5.41) is 6.93. The second-order valence-corrected chi connectivity index (χ2v) is 7.81. The number of imidazole rings is 1. The SMILES string of the molecule is O=C(COc1cc(C(F)(F)F)nn1-c1ccccc1Cl)NCCc1nc2cc(Cl)ccc2[nH]1. The first kappa shape index (κ1) is 22.9. The number of aromatic amines is 1. The molecule has 0 fully saturated rings. The molecule has 2 aromatic carbocycles. The van der Waals surface area contributed by atoms with Crippen molar-refractivity contribution in [1.82, 2.24) is 25.1 Å². The fourth-order valence-corrected chi connectivity index (χ4v) is 3.44. The Morgan fingerprint density at radius 2 is 1.94 bits per heavy atom. The summed E-state index contributed by atoms with van der Waals surface area (Å²) in [5.74, 6) is -0.130. The smallest absolute Gasteiger partial charge is 0.435 e. The first-order valence-corrected chi connectivity index (χ1v) is 10.4. The monoisotopic (exact) mass is 497 g/mol. The van der Waals surface area contributed by atoms with Crippen molar-refractivity contribution < 1.29 is 22.7 Å². The second kappa shape index (κ2) is 9.32. The topological polar surface area (TPSA) is 84.8 Å². The van der Waals surface area contributed by atoms with Gasteiger partial charge in [0.25, 0.3) is 5.91 Å². The number of nitrogens with zero attached hydrogens (tertiary/aromatic N) is 3. The van der Waals surface area contributed by atoms with Gasteiger partial charge in [0.05, 0.1) is 21.7 Å². The predicted octanol–water partition coefficient (Wildman–Crippen LogP) is 4.81. The van der Waals surface area contributed by atoms with E-state index in [1.54, 1.807) is 30.3 Å². The molecule has 0 spiro atoms. The average molecular weight is 498 g/mol. The Labute approximate surface area is 195 Å². The lowest BCUT2D eigenvalue weighted by Crippen LogP contribution is -2.31. The van der Waals surface area contributed by atoms with E-state index in [1.807, 2.05) is 0 Å². The van der Waals surface area contributed by atoms with Crippen LogP contribution in [0.4, 0.5) is 13.2 Å². The minimum absolute atomic E-state index is 0.177. The van der Waals surface area contributed by atoms with E-state index in [2.05, 4.69) is 20.4 Å². The highest BCUT2D eigenvalue weighted by Gasteiger charge is 2.36. The van der Waals surface area contributed by atoms with Gasteiger partial charge in [-0.2, -0.15) is 23.0 Å². The Kier molecular flexibility index (Phi) is 6.48. The van der Waals surface area contributed by atoms with E-state index in [0.29, 0.717) is 22.8 Å². The molecule has 0 aliphatic heterocycles. The van der Waals surface area contributed by atoms with Gasteiger partial charge in [-0.3, -0.25) is 4.79 Å². The van der Waals surface area contributed by atoms with E-state index < -0.39 is 24.4 Å². The number of alkyl halides is 3. The summed E-state index contributed by atoms with van der Waals surface area (Å²) in [6.07, 6.45) is -4.28. The van der Waals surface area contributed by atoms with Crippen LogP contribution < -0.4 is 10.1 Å². The molecule has 0 unspecified atom stereocenters. The van der Waals surface area contributed by atoms with Crippen LogP contribution in [0.1, 0.15) is 11.5 Å². The Hall–Kier alpha value is -3.24. The zero-order valence-corrected chi connectivity index (χ0v) is 18.3. The molecule has 2 N–H and O–H groups in total. The van der Waals surface area contributed by atoms with Crippen molar-refractivity contribution in [2.24, 2.45) is 0 Å². The molecule has 0 atom stereocenters. The van der Waals surface area contributed by atoms with Crippen LogP contribution in [0.15, 0.2) is 48.5 Å². The van der Waals surface area contributed by atoms with Gasteiger partial charge in [-0.05, 0) is 30.3 Å². The molecular formula is C21H16Cl2F3N5O2. The zero-order chi connectivity index (χ0) is 23.6. The highest BCUT2D eigenvalue weighted by atomic mass is 35.5. The molecule has 0 aliphatic rings. The number of ether oxygens (including phenoxy) is 1. The number of hydrogen-bond donors (Lipinski definition) is 2. The van der Waals surface area contributed by atoms with Crippen molar-refractivity contribution >= 4 is 40.1 Å². The van der Waals surface area contributed by atoms with Crippen LogP contribution in [-0.2, 0) is 17.4 Å². The maximum Gasteiger partial charge on any atom is 0.435 e. The van der Waals surface area contributed by atoms with Crippen LogP contribution in [0, 0.1) is 0 Å². The standard InChI is InChI=1S/C21H16Cl2F3N5O2/c22-12-5-6-14-15(9-12)29-18(28-14)7-8-27-19(32)11-33-20-10-17(21(24,25)26)30-31(20)16-4-2-1-3-13(16)23/h1-6,9-10H,7-8,11H2,(H,27,32)(H,28,29). The van der Waals surface area contributed by atoms with Crippen molar-refractivity contribution in [3.63, 3.8) is 0 Å². The summed E-state index contributed by atoms with van der Waals surface area (Å²) in [6, 6.07) is 12.2. The number of carbonyl (C=O) groups is 1. The molecule has 1 amide bonds. The molecule has 0 radical (unpaired) electrons. The van der Waals surface area contributed by atoms with Crippen molar-refractivity contribution in [3.8, 4) is 11.6 Å². The van der Waals surface area contributed by atoms with E-state index in [9.17, 15) is 18.0 Å². The van der Waals surface area contributed by atoms with Crippen molar-refractivity contribution in [2.75, 3.05) is 13.2 Å². The minimum atomic E-state index is -4.69. The summed E-state index contributed by atoms with van der Waals surface area (Å²) in [6.45, 7) is -0.267. The number of H-pyrrole nitrogens is 1. The van der Waals surface area contributed by atoms with Crippen LogP contribution in [0.3, 0.4) is 0 Å². The van der Waals surface area contributed by atoms with Crippen LogP contribution in [0.25, 0.3) is 16.7 Å². The molecule has 0 saturated heterocycles. The van der Waals surface area contributed by atoms with E-state index in [4.69, 9.17) is 27.9 Å². The Bertz CT molecular complexity index is 1300. The molecule has 4 rings (SSSR count). The highest BCUT2D eigenvalue weighted by molar-refractivity contribution is 6.32. The number of amides is 1. The second-order valence-electron chi connectivity index (χ2n) is 6.96. The first-order valence-electron chi connectivity index (χ1n) is 9.66. The molecule has 2 aromatic heterocycles. The molecule has 33 heavy (non-hydrogen) atoms. The van der Waals surface area contributed by atoms with Gasteiger partial charge >= 0.3 is 6.18 Å². The van der Waals surface area contributed by atoms with Crippen LogP contribution in [0.5, 0.6) is 5.88 Å². The van der Waals surface area contributed by atoms with E-state index in [-0.39, 0.29) is 23.1 Å². The number of halogens is 5. The Balaban J connectivity index is 1.39. The average Bonchev–Trinajstić information content (AvgIpc) is 3.36. The van der Waals surface area contributed by atoms with Crippen molar-refractivity contribution in [2.45, 2.75) is 12.6 Å². The normalized spacial score (nSPS) is 11.7. The van der Waals surface area contributed by atoms with Gasteiger partial charge in [0.15, 0.2) is 12.3 Å². The third-order valence-electron chi connectivity index (χ3n) is 4.58. The predicted molar refractivity (Wildman–Crippen MR) is 117 cm³/mol. The number of aromatic nitrogens is 4. The van der Waals surface area contributed by atoms with E-state index >= 15 is 0 Å². The number of hydrogen-bond acceptors (Lipinski definition) is 4. The fourth-order valence-electron chi connectivity index (χ4n) is 3.06. The summed E-state index contributed by atoms with van der Waals surface area (Å²) >= 11 is 12.0. The lowest BCUT2D eigenvalue weighted by Gasteiger charge is -2.10. The Morgan fingerprint density at radius 3 is 2.70 bits per heavy atom. The van der Waals surface area contributed by atoms with Crippen LogP contribution in [-0.4, -0.2) is 38.8 Å². The van der Waals surface area contributed by atoms with Crippen LogP contribution in [0.2, 0.25) is 10.0 Å². The molecule has 0 bridgehead atoms. The van der Waals surface area contributed by atoms with E-state index in [0.717, 1.165) is 16.3 Å². The third kappa shape index (κ3) is 5.40. The summed E-state index contributed by atoms with van der Waals surface area (Å²) in [4.78, 5) is 19.7. The van der Waals surface area contributed by atoms with Gasteiger partial charge in [-0.1, -0.05) is 35.3 Å². The lowest BCUT2D eigenvalue weighted by atomic mass is 10.3. The molecule has 0 aliphatic carbocycles. The number of para-hydroxylation sites is 1. The Morgan fingerprint density at radius 1 is 1.15 bits per heavy atom. The molecule has 12 heteroatoms. The van der Waals surface area contributed by atoms with Crippen LogP contribution >= 0.6 is 23.2 Å². The molecule has 7 nitrogen and oxygen atoms in total. The third-order valence-corrected chi connectivity index (χ3v) is 5.13. The maximum absolute atomic E-state index is 13.2. The summed E-state index contributed by atoms with van der Waals surface area (Å²) < 4.78 is 45.7. The van der Waals surface area contributed by atoms with Gasteiger partial charge in [0.2, 0.25) is 5.88 Å². The molecule has 0 saturated carbocycles. The molecule has 2 heterocycles. The summed E-state index contributed by atoms with van der Waals surface area (Å²) in [5.41, 5.74) is 0.552. The number of carbonyl (C=O) groups excluding carboxylic acids is 1. The van der Waals surface area contributed by atoms with Crippen molar-refractivity contribution in [3.05, 3.63) is 70.1 Å². The van der Waals surface area contributed by atoms with Gasteiger partial charge in [-0.15, -0.1) is 0 Å². The highest BCUT2D eigenvalue weighted by Crippen LogP contribution is 2.33. The molecule has 172 valence electrons. The first-order chi connectivity index (χ1) is 15.7. The molecular weight excluding hydrogens is 482 g/mol. The van der Waals surface area contributed by atoms with Gasteiger partial charge in [0, 0.05) is 24.1 Å². The number of nitrogens with one attached hydrogen (secondary N) is 2. The largest absolute Gasteiger partial charge is 0.467 e. The quantitative estimate of drug-likeness (QED) is 0.383. The maximum atomic E-state index is 13.2. The van der Waals surface area contributed by atoms with E-state index in [1.165, 1.54) is 12.1 Å². The fraction of sp³-hybridized carbons (Fsp3) is 0.190. The van der Waals surface area contributed by atoms with Gasteiger partial charge in [0.1, 0.15) is 5.82 Å². The number of rotatable bonds is 7. The van der Waals surface area contributed by atoms with Gasteiger partial charge < -0.3 is 15.0 Å².